The Morgan fingerprint density at radius 2 is 2.08 bits per heavy atom. The molecule has 0 fully saturated rings. The predicted octanol–water partition coefficient (Wildman–Crippen LogP) is 4.76. The first-order chi connectivity index (χ1) is 12.7. The topological polar surface area (TPSA) is 55.6 Å². The van der Waals surface area contributed by atoms with E-state index in [2.05, 4.69) is 11.9 Å². The molecule has 1 amide bonds. The van der Waals surface area contributed by atoms with Crippen molar-refractivity contribution in [3.63, 3.8) is 0 Å². The van der Waals surface area contributed by atoms with Crippen LogP contribution in [0, 0.1) is 0 Å². The molecule has 1 atom stereocenters. The summed E-state index contributed by atoms with van der Waals surface area (Å²) in [5.41, 5.74) is 0.863. The summed E-state index contributed by atoms with van der Waals surface area (Å²) in [5.74, 6) is 1.06. The number of ether oxygens (including phenoxy) is 1. The third kappa shape index (κ3) is 4.52. The van der Waals surface area contributed by atoms with Gasteiger partial charge in [-0.2, -0.15) is 0 Å². The van der Waals surface area contributed by atoms with Crippen LogP contribution in [0.15, 0.2) is 58.5 Å². The molecule has 136 valence electrons. The van der Waals surface area contributed by atoms with Gasteiger partial charge in [-0.15, -0.1) is 11.3 Å². The first-order valence-corrected chi connectivity index (χ1v) is 9.51. The average molecular weight is 370 g/mol. The number of amides is 1. The molecule has 6 heteroatoms. The smallest absolute Gasteiger partial charge is 0.290 e. The van der Waals surface area contributed by atoms with Crippen molar-refractivity contribution < 1.29 is 13.9 Å². The highest BCUT2D eigenvalue weighted by molar-refractivity contribution is 7.09. The normalized spacial score (nSPS) is 11.9. The highest BCUT2D eigenvalue weighted by Gasteiger charge is 2.23. The highest BCUT2D eigenvalue weighted by atomic mass is 32.1. The van der Waals surface area contributed by atoms with Gasteiger partial charge in [-0.25, -0.2) is 4.98 Å². The molecule has 2 aromatic heterocycles. The lowest BCUT2D eigenvalue weighted by atomic mass is 10.2. The minimum absolute atomic E-state index is 0.0957. The average Bonchev–Trinajstić information content (AvgIpc) is 3.36. The zero-order valence-electron chi connectivity index (χ0n) is 14.9. The van der Waals surface area contributed by atoms with Gasteiger partial charge in [0.1, 0.15) is 17.4 Å². The van der Waals surface area contributed by atoms with Crippen LogP contribution in [-0.2, 0) is 13.2 Å². The Morgan fingerprint density at radius 1 is 1.27 bits per heavy atom. The molecule has 0 saturated carbocycles. The van der Waals surface area contributed by atoms with E-state index >= 15 is 0 Å². The van der Waals surface area contributed by atoms with Gasteiger partial charge in [0.15, 0.2) is 5.76 Å². The fraction of sp³-hybridized carbons (Fsp3) is 0.300. The summed E-state index contributed by atoms with van der Waals surface area (Å²) < 4.78 is 11.0. The summed E-state index contributed by atoms with van der Waals surface area (Å²) in [7, 11) is 0. The molecule has 0 bridgehead atoms. The molecule has 2 heterocycles. The number of nitrogens with zero attached hydrogens (tertiary/aromatic N) is 2. The van der Waals surface area contributed by atoms with Gasteiger partial charge >= 0.3 is 0 Å². The fourth-order valence-corrected chi connectivity index (χ4v) is 3.21. The first kappa shape index (κ1) is 18.2. The van der Waals surface area contributed by atoms with Crippen LogP contribution in [0.25, 0.3) is 0 Å². The Kier molecular flexibility index (Phi) is 6.07. The molecule has 1 aromatic carbocycles. The van der Waals surface area contributed by atoms with Gasteiger partial charge in [0.25, 0.3) is 5.91 Å². The summed E-state index contributed by atoms with van der Waals surface area (Å²) in [4.78, 5) is 19.1. The summed E-state index contributed by atoms with van der Waals surface area (Å²) in [5, 5.41) is 2.87. The second kappa shape index (κ2) is 8.67. The predicted molar refractivity (Wildman–Crippen MR) is 101 cm³/mol. The monoisotopic (exact) mass is 370 g/mol. The van der Waals surface area contributed by atoms with Crippen molar-refractivity contribution in [3.05, 3.63) is 70.6 Å². The van der Waals surface area contributed by atoms with Gasteiger partial charge in [0, 0.05) is 11.4 Å². The molecule has 0 aliphatic heterocycles. The summed E-state index contributed by atoms with van der Waals surface area (Å²) in [6.45, 7) is 4.97. The number of hydrogen-bond donors (Lipinski definition) is 0. The molecule has 3 rings (SSSR count). The van der Waals surface area contributed by atoms with Crippen LogP contribution < -0.4 is 4.74 Å². The van der Waals surface area contributed by atoms with Crippen LogP contribution in [0.4, 0.5) is 0 Å². The lowest BCUT2D eigenvalue weighted by molar-refractivity contribution is 0.0636. The highest BCUT2D eigenvalue weighted by Crippen LogP contribution is 2.19. The van der Waals surface area contributed by atoms with Gasteiger partial charge in [-0.1, -0.05) is 25.1 Å². The molecule has 0 unspecified atom stereocenters. The van der Waals surface area contributed by atoms with E-state index in [-0.39, 0.29) is 11.9 Å². The Balaban J connectivity index is 1.66. The number of para-hydroxylation sites is 1. The Bertz CT molecular complexity index is 815. The second-order valence-corrected chi connectivity index (χ2v) is 6.94. The van der Waals surface area contributed by atoms with E-state index < -0.39 is 0 Å². The third-order valence-corrected chi connectivity index (χ3v) is 5.02. The van der Waals surface area contributed by atoms with Crippen LogP contribution in [0.1, 0.15) is 41.5 Å². The largest absolute Gasteiger partial charge is 0.486 e. The van der Waals surface area contributed by atoms with E-state index in [1.54, 1.807) is 28.4 Å². The lowest BCUT2D eigenvalue weighted by Gasteiger charge is -2.27. The third-order valence-electron chi connectivity index (χ3n) is 4.15. The van der Waals surface area contributed by atoms with Crippen molar-refractivity contribution in [3.8, 4) is 5.75 Å². The molecule has 3 aromatic rings. The maximum absolute atomic E-state index is 12.7. The summed E-state index contributed by atoms with van der Waals surface area (Å²) >= 11 is 1.54. The van der Waals surface area contributed by atoms with Crippen molar-refractivity contribution >= 4 is 17.2 Å². The minimum Gasteiger partial charge on any atom is -0.486 e. The maximum atomic E-state index is 12.7. The van der Waals surface area contributed by atoms with Crippen LogP contribution in [0.3, 0.4) is 0 Å². The quantitative estimate of drug-likeness (QED) is 0.574. The number of thiazole rings is 1. The van der Waals surface area contributed by atoms with E-state index in [1.165, 1.54) is 6.26 Å². The van der Waals surface area contributed by atoms with E-state index in [1.807, 2.05) is 42.6 Å². The molecular formula is C20H22N2O3S. The molecule has 5 nitrogen and oxygen atoms in total. The summed E-state index contributed by atoms with van der Waals surface area (Å²) in [6, 6.07) is 13.2. The maximum Gasteiger partial charge on any atom is 0.290 e. The van der Waals surface area contributed by atoms with Gasteiger partial charge in [-0.3, -0.25) is 4.79 Å². The minimum atomic E-state index is -0.112. The van der Waals surface area contributed by atoms with Crippen molar-refractivity contribution in [2.24, 2.45) is 0 Å². The molecule has 0 spiro atoms. The second-order valence-electron chi connectivity index (χ2n) is 6.00. The standard InChI is InChI=1S/C20H22N2O3S/c1-3-15(2)22(20(23)18-10-7-11-24-18)12-16-14-26-19(21-16)13-25-17-8-5-4-6-9-17/h4-11,14-15H,3,12-13H2,1-2H3/t15-/m0/s1. The molecule has 0 aliphatic rings. The van der Waals surface area contributed by atoms with E-state index in [4.69, 9.17) is 9.15 Å². The number of rotatable bonds is 8. The van der Waals surface area contributed by atoms with E-state index in [0.29, 0.717) is 18.9 Å². The van der Waals surface area contributed by atoms with Gasteiger partial charge in [0.05, 0.1) is 18.5 Å². The SMILES string of the molecule is CC[C@H](C)N(Cc1csc(COc2ccccc2)n1)C(=O)c1ccco1. The van der Waals surface area contributed by atoms with E-state index in [9.17, 15) is 4.79 Å². The fourth-order valence-electron chi connectivity index (χ4n) is 2.51. The number of benzene rings is 1. The van der Waals surface area contributed by atoms with Crippen molar-refractivity contribution in [2.45, 2.75) is 39.5 Å². The number of furan rings is 1. The molecule has 26 heavy (non-hydrogen) atoms. The molecule has 0 saturated heterocycles. The molecular weight excluding hydrogens is 348 g/mol. The molecule has 0 aliphatic carbocycles. The van der Waals surface area contributed by atoms with Crippen LogP contribution >= 0.6 is 11.3 Å². The number of hydrogen-bond acceptors (Lipinski definition) is 5. The lowest BCUT2D eigenvalue weighted by Crippen LogP contribution is -2.37. The number of carbonyl (C=O) groups excluding carboxylic acids is 1. The van der Waals surface area contributed by atoms with Crippen molar-refractivity contribution in [1.82, 2.24) is 9.88 Å². The molecule has 0 radical (unpaired) electrons. The van der Waals surface area contributed by atoms with Crippen molar-refractivity contribution in [1.29, 1.82) is 0 Å². The van der Waals surface area contributed by atoms with Gasteiger partial charge in [0.2, 0.25) is 0 Å². The Labute approximate surface area is 157 Å². The van der Waals surface area contributed by atoms with Crippen LogP contribution in [0.5, 0.6) is 5.75 Å². The Hall–Kier alpha value is -2.60. The van der Waals surface area contributed by atoms with Crippen LogP contribution in [-0.4, -0.2) is 21.8 Å². The first-order valence-electron chi connectivity index (χ1n) is 8.63. The zero-order chi connectivity index (χ0) is 18.4. The summed E-state index contributed by atoms with van der Waals surface area (Å²) in [6.07, 6.45) is 2.38. The Morgan fingerprint density at radius 3 is 2.77 bits per heavy atom. The van der Waals surface area contributed by atoms with E-state index in [0.717, 1.165) is 22.9 Å². The van der Waals surface area contributed by atoms with Crippen molar-refractivity contribution in [2.75, 3.05) is 0 Å². The van der Waals surface area contributed by atoms with Gasteiger partial charge in [-0.05, 0) is 37.6 Å². The van der Waals surface area contributed by atoms with Gasteiger partial charge < -0.3 is 14.1 Å². The number of carbonyl (C=O) groups is 1. The molecule has 0 N–H and O–H groups in total. The zero-order valence-corrected chi connectivity index (χ0v) is 15.7. The van der Waals surface area contributed by atoms with Crippen LogP contribution in [0.2, 0.25) is 0 Å². The number of aromatic nitrogens is 1.